The molecule has 1 fully saturated rings. The molecule has 5 rings (SSSR count). The zero-order chi connectivity index (χ0) is 37.6. The zero-order valence-corrected chi connectivity index (χ0v) is 30.2. The number of carbonyl (C=O) groups excluding carboxylic acids is 6. The fourth-order valence-electron chi connectivity index (χ4n) is 5.24. The van der Waals surface area contributed by atoms with Crippen LogP contribution in [0, 0.1) is 0 Å². The monoisotopic (exact) mass is 751 g/mol. The van der Waals surface area contributed by atoms with Gasteiger partial charge in [0.1, 0.15) is 29.3 Å². The van der Waals surface area contributed by atoms with Gasteiger partial charge in [-0.3, -0.25) is 19.3 Å². The summed E-state index contributed by atoms with van der Waals surface area (Å²) in [6.45, 7) is 5.89. The predicted molar refractivity (Wildman–Crippen MR) is 190 cm³/mol. The number of thiazole rings is 1. The summed E-state index contributed by atoms with van der Waals surface area (Å²) in [6, 6.07) is 14.6. The van der Waals surface area contributed by atoms with Gasteiger partial charge in [0.05, 0.1) is 5.69 Å². The van der Waals surface area contributed by atoms with Crippen molar-refractivity contribution in [2.24, 2.45) is 0 Å². The van der Waals surface area contributed by atoms with E-state index in [0.29, 0.717) is 16.7 Å². The highest BCUT2D eigenvalue weighted by Crippen LogP contribution is 2.42. The Morgan fingerprint density at radius 3 is 2.19 bits per heavy atom. The average molecular weight is 752 g/mol. The number of urea groups is 1. The fourth-order valence-corrected chi connectivity index (χ4v) is 7.16. The summed E-state index contributed by atoms with van der Waals surface area (Å²) in [4.78, 5) is 83.3. The number of nitrogens with two attached hydrogens (primary N) is 1. The maximum Gasteiger partial charge on any atom is 0.426 e. The molecule has 18 heteroatoms. The van der Waals surface area contributed by atoms with E-state index in [4.69, 9.17) is 19.9 Å². The van der Waals surface area contributed by atoms with Gasteiger partial charge in [-0.25, -0.2) is 30.2 Å². The van der Waals surface area contributed by atoms with E-state index in [1.807, 2.05) is 60.7 Å². The highest BCUT2D eigenvalue weighted by atomic mass is 32.2. The zero-order valence-electron chi connectivity index (χ0n) is 28.5. The summed E-state index contributed by atoms with van der Waals surface area (Å²) in [7, 11) is 0. The van der Waals surface area contributed by atoms with Crippen LogP contribution in [0.25, 0.3) is 0 Å². The molecule has 2 aliphatic heterocycles. The molecule has 0 bridgehead atoms. The highest BCUT2D eigenvalue weighted by molar-refractivity contribution is 8.00. The van der Waals surface area contributed by atoms with E-state index >= 15 is 0 Å². The van der Waals surface area contributed by atoms with Gasteiger partial charge in [-0.15, -0.1) is 23.1 Å². The second-order valence-corrected chi connectivity index (χ2v) is 14.5. The number of carbonyl (C=O) groups is 6. The van der Waals surface area contributed by atoms with Gasteiger partial charge in [-0.1, -0.05) is 60.7 Å². The van der Waals surface area contributed by atoms with Crippen molar-refractivity contribution in [2.75, 3.05) is 18.1 Å². The van der Waals surface area contributed by atoms with Gasteiger partial charge in [-0.2, -0.15) is 0 Å². The summed E-state index contributed by atoms with van der Waals surface area (Å²) in [5.74, 6) is -2.69. The number of aromatic nitrogens is 1. The van der Waals surface area contributed by atoms with Crippen molar-refractivity contribution in [1.29, 1.82) is 0 Å². The van der Waals surface area contributed by atoms with E-state index in [-0.39, 0.29) is 28.9 Å². The number of nitrogens with one attached hydrogen (secondary N) is 4. The van der Waals surface area contributed by atoms with Crippen LogP contribution in [0.2, 0.25) is 0 Å². The molecule has 0 radical (unpaired) electrons. The molecular weight excluding hydrogens is 715 g/mol. The molecule has 2 aliphatic rings. The molecule has 2 aromatic carbocycles. The van der Waals surface area contributed by atoms with Gasteiger partial charge in [0.15, 0.2) is 17.3 Å². The molecule has 0 aliphatic carbocycles. The largest absolute Gasteiger partial charge is 0.461 e. The Hall–Kier alpha value is -5.62. The second kappa shape index (κ2) is 16.2. The molecule has 1 aromatic heterocycles. The molecular formula is C34H37N7O9S2. The Balaban J connectivity index is 1.35. The molecule has 1 saturated heterocycles. The topological polar surface area (TPSA) is 220 Å². The lowest BCUT2D eigenvalue weighted by atomic mass is 10.0. The van der Waals surface area contributed by atoms with Gasteiger partial charge in [0.25, 0.3) is 5.91 Å². The van der Waals surface area contributed by atoms with Crippen molar-refractivity contribution in [3.05, 3.63) is 94.1 Å². The van der Waals surface area contributed by atoms with Gasteiger partial charge in [0, 0.05) is 23.6 Å². The van der Waals surface area contributed by atoms with E-state index in [1.54, 1.807) is 20.8 Å². The summed E-state index contributed by atoms with van der Waals surface area (Å²) >= 11 is 2.26. The first-order chi connectivity index (χ1) is 24.7. The number of thioether (sulfide) groups is 1. The van der Waals surface area contributed by atoms with E-state index in [1.165, 1.54) is 29.0 Å². The van der Waals surface area contributed by atoms with Crippen LogP contribution in [0.5, 0.6) is 0 Å². The van der Waals surface area contributed by atoms with Crippen LogP contribution in [-0.2, 0) is 33.4 Å². The van der Waals surface area contributed by atoms with Gasteiger partial charge < -0.3 is 30.6 Å². The number of amides is 5. The summed E-state index contributed by atoms with van der Waals surface area (Å²) in [6.07, 6.45) is -1.77. The smallest absolute Gasteiger partial charge is 0.426 e. The van der Waals surface area contributed by atoms with Crippen LogP contribution >= 0.6 is 23.1 Å². The van der Waals surface area contributed by atoms with Crippen molar-refractivity contribution < 1.29 is 43.0 Å². The number of β-lactam (4-membered cyclic amide) rings is 1. The Morgan fingerprint density at radius 2 is 1.63 bits per heavy atom. The summed E-state index contributed by atoms with van der Waals surface area (Å²) < 4.78 is 16.4. The molecule has 3 aromatic rings. The molecule has 3 heterocycles. The first-order valence-electron chi connectivity index (χ1n) is 15.9. The number of benzene rings is 2. The standard InChI is InChI=1S/C34H37N7O9S2/c1-18(42)48-15-21-16-51-29-24(37-27(43)23(22-17-52-31(35)36-22)38-32(46)39-40-33(47)50-34(2,3)4)28(44)41(29)25(21)30(45)49-26(19-11-7-5-8-12-19)20-13-9-6-10-14-20/h5-14,17,23-24,26,29H,15-16H2,1-4H3,(H2,35,36)(H,37,43)(H,40,47)(H2,38,39,46)/t23?,24-,29-/m1/s1. The maximum atomic E-state index is 14.1. The van der Waals surface area contributed by atoms with Crippen LogP contribution in [0.1, 0.15) is 56.7 Å². The number of hydrazine groups is 1. The van der Waals surface area contributed by atoms with Gasteiger partial charge >= 0.3 is 24.1 Å². The average Bonchev–Trinajstić information content (AvgIpc) is 3.54. The van der Waals surface area contributed by atoms with E-state index in [2.05, 4.69) is 26.5 Å². The van der Waals surface area contributed by atoms with Crippen LogP contribution in [0.4, 0.5) is 14.7 Å². The molecule has 1 unspecified atom stereocenters. The Morgan fingerprint density at radius 1 is 1.00 bits per heavy atom. The summed E-state index contributed by atoms with van der Waals surface area (Å²) in [5, 5.41) is 5.88. The lowest BCUT2D eigenvalue weighted by Gasteiger charge is -2.50. The minimum Gasteiger partial charge on any atom is -0.461 e. The van der Waals surface area contributed by atoms with E-state index in [0.717, 1.165) is 11.3 Å². The number of ether oxygens (including phenoxy) is 3. The fraction of sp³-hybridized carbons (Fsp3) is 0.324. The molecule has 0 spiro atoms. The number of fused-ring (bicyclic) bond motifs is 1. The Bertz CT molecular complexity index is 1830. The van der Waals surface area contributed by atoms with Crippen molar-refractivity contribution >= 4 is 64.1 Å². The van der Waals surface area contributed by atoms with Crippen LogP contribution in [0.3, 0.4) is 0 Å². The van der Waals surface area contributed by atoms with Gasteiger partial charge in [-0.05, 0) is 31.9 Å². The number of nitrogens with zero attached hydrogens (tertiary/aromatic N) is 2. The third kappa shape index (κ3) is 9.18. The normalized spacial score (nSPS) is 17.2. The van der Waals surface area contributed by atoms with E-state index < -0.39 is 65.0 Å². The second-order valence-electron chi connectivity index (χ2n) is 12.5. The molecule has 274 valence electrons. The SMILES string of the molecule is CC(=O)OCC1=C(C(=O)OC(c2ccccc2)c2ccccc2)N2C(=O)[C@@H](NC(=O)C(NC(=O)NNC(=O)OC(C)(C)C)c3csc(N)n3)[C@H]2SC1. The van der Waals surface area contributed by atoms with Crippen LogP contribution in [0.15, 0.2) is 77.3 Å². The molecule has 6 N–H and O–H groups in total. The molecule has 0 saturated carbocycles. The van der Waals surface area contributed by atoms with Crippen molar-refractivity contribution in [2.45, 2.75) is 56.9 Å². The Labute approximate surface area is 306 Å². The lowest BCUT2D eigenvalue weighted by Crippen LogP contribution is -2.71. The van der Waals surface area contributed by atoms with E-state index in [9.17, 15) is 28.8 Å². The lowest BCUT2D eigenvalue weighted by molar-refractivity contribution is -0.155. The van der Waals surface area contributed by atoms with Crippen LogP contribution in [-0.4, -0.2) is 75.1 Å². The number of rotatable bonds is 10. The summed E-state index contributed by atoms with van der Waals surface area (Å²) in [5.41, 5.74) is 10.9. The van der Waals surface area contributed by atoms with Crippen molar-refractivity contribution in [3.63, 3.8) is 0 Å². The molecule has 3 atom stereocenters. The molecule has 5 amide bonds. The third-order valence-electron chi connectivity index (χ3n) is 7.47. The van der Waals surface area contributed by atoms with Crippen molar-refractivity contribution in [3.8, 4) is 0 Å². The highest BCUT2D eigenvalue weighted by Gasteiger charge is 2.55. The minimum absolute atomic E-state index is 0.0769. The predicted octanol–water partition coefficient (Wildman–Crippen LogP) is 3.06. The van der Waals surface area contributed by atoms with Crippen molar-refractivity contribution in [1.82, 2.24) is 31.4 Å². The minimum atomic E-state index is -1.44. The number of esters is 2. The number of anilines is 1. The third-order valence-corrected chi connectivity index (χ3v) is 9.50. The Kier molecular flexibility index (Phi) is 11.7. The quantitative estimate of drug-likeness (QED) is 0.0874. The molecule has 52 heavy (non-hydrogen) atoms. The van der Waals surface area contributed by atoms with Gasteiger partial charge in [0.2, 0.25) is 5.91 Å². The molecule has 16 nitrogen and oxygen atoms in total. The first-order valence-corrected chi connectivity index (χ1v) is 17.8. The number of hydrogen-bond acceptors (Lipinski definition) is 13. The first kappa shape index (κ1) is 37.6. The van der Waals surface area contributed by atoms with Crippen LogP contribution < -0.4 is 27.2 Å². The number of nitrogen functional groups attached to an aromatic ring is 1. The number of hydrogen-bond donors (Lipinski definition) is 5. The maximum absolute atomic E-state index is 14.1.